The van der Waals surface area contributed by atoms with E-state index >= 15 is 0 Å². The van der Waals surface area contributed by atoms with Gasteiger partial charge in [0, 0.05) is 5.92 Å². The molecule has 184 valence electrons. The molecule has 1 aromatic heterocycles. The number of ether oxygens (including phenoxy) is 3. The molecule has 0 unspecified atom stereocenters. The molecule has 0 spiro atoms. The van der Waals surface area contributed by atoms with Crippen LogP contribution in [0.2, 0.25) is 0 Å². The third-order valence-electron chi connectivity index (χ3n) is 7.33. The number of nitrogens with zero attached hydrogens (tertiary/aromatic N) is 3. The van der Waals surface area contributed by atoms with Gasteiger partial charge in [-0.1, -0.05) is 96.2 Å². The summed E-state index contributed by atoms with van der Waals surface area (Å²) in [5, 5.41) is 14.9. The number of H-pyrrole nitrogens is 1. The van der Waals surface area contributed by atoms with Gasteiger partial charge in [0.25, 0.3) is 0 Å². The molecule has 4 atom stereocenters. The minimum Gasteiger partial charge on any atom is -0.360 e. The number of tetrazole rings is 1. The smallest absolute Gasteiger partial charge is 0.180 e. The van der Waals surface area contributed by atoms with Crippen molar-refractivity contribution in [2.45, 2.75) is 49.8 Å². The lowest BCUT2D eigenvalue weighted by Gasteiger charge is -2.37. The zero-order chi connectivity index (χ0) is 24.6. The van der Waals surface area contributed by atoms with Gasteiger partial charge in [0.05, 0.1) is 24.7 Å². The number of fused-ring (bicyclic) bond motifs is 1. The molecule has 36 heavy (non-hydrogen) atoms. The third-order valence-corrected chi connectivity index (χ3v) is 7.33. The lowest BCUT2D eigenvalue weighted by atomic mass is 9.80. The van der Waals surface area contributed by atoms with E-state index < -0.39 is 11.4 Å². The first kappa shape index (κ1) is 23.0. The molecule has 4 aromatic rings. The molecule has 1 N–H and O–H groups in total. The molecule has 0 amide bonds. The van der Waals surface area contributed by atoms with Crippen LogP contribution in [0.1, 0.15) is 48.7 Å². The zero-order valence-electron chi connectivity index (χ0n) is 20.5. The first-order chi connectivity index (χ1) is 17.6. The van der Waals surface area contributed by atoms with Gasteiger partial charge in [0.1, 0.15) is 5.60 Å². The summed E-state index contributed by atoms with van der Waals surface area (Å²) in [5.74, 6) is 0.0690. The van der Waals surface area contributed by atoms with Crippen molar-refractivity contribution >= 4 is 0 Å². The van der Waals surface area contributed by atoms with E-state index in [2.05, 4.69) is 93.4 Å². The fourth-order valence-electron chi connectivity index (χ4n) is 5.83. The predicted molar refractivity (Wildman–Crippen MR) is 134 cm³/mol. The summed E-state index contributed by atoms with van der Waals surface area (Å²) in [6, 6.07) is 31.3. The molecule has 2 aliphatic rings. The van der Waals surface area contributed by atoms with Gasteiger partial charge in [-0.2, -0.15) is 5.21 Å². The molecule has 1 saturated carbocycles. The molecule has 1 aliphatic carbocycles. The first-order valence-corrected chi connectivity index (χ1v) is 12.5. The summed E-state index contributed by atoms with van der Waals surface area (Å²) in [7, 11) is 0. The summed E-state index contributed by atoms with van der Waals surface area (Å²) in [4.78, 5) is 0. The van der Waals surface area contributed by atoms with E-state index in [1.807, 2.05) is 32.0 Å². The van der Waals surface area contributed by atoms with Crippen molar-refractivity contribution in [2.24, 2.45) is 5.92 Å². The second-order valence-corrected chi connectivity index (χ2v) is 10.0. The Balaban J connectivity index is 1.39. The van der Waals surface area contributed by atoms with Gasteiger partial charge in [-0.05, 0) is 37.0 Å². The van der Waals surface area contributed by atoms with Gasteiger partial charge < -0.3 is 14.2 Å². The number of hydrogen-bond donors (Lipinski definition) is 1. The number of benzene rings is 3. The van der Waals surface area contributed by atoms with Crippen LogP contribution in [-0.4, -0.2) is 45.2 Å². The van der Waals surface area contributed by atoms with Gasteiger partial charge >= 0.3 is 0 Å². The van der Waals surface area contributed by atoms with Crippen molar-refractivity contribution < 1.29 is 14.2 Å². The zero-order valence-corrected chi connectivity index (χ0v) is 20.5. The quantitative estimate of drug-likeness (QED) is 0.380. The van der Waals surface area contributed by atoms with Crippen LogP contribution in [0, 0.1) is 5.92 Å². The van der Waals surface area contributed by atoms with Crippen LogP contribution in [0.15, 0.2) is 91.0 Å². The van der Waals surface area contributed by atoms with E-state index in [1.54, 1.807) is 0 Å². The highest BCUT2D eigenvalue weighted by atomic mass is 16.8. The van der Waals surface area contributed by atoms with Crippen LogP contribution in [0.3, 0.4) is 0 Å². The molecular formula is C29H30N4O3. The molecule has 1 aliphatic heterocycles. The number of aromatic amines is 1. The van der Waals surface area contributed by atoms with Crippen LogP contribution < -0.4 is 0 Å². The highest BCUT2D eigenvalue weighted by Gasteiger charge is 2.56. The summed E-state index contributed by atoms with van der Waals surface area (Å²) < 4.78 is 19.8. The van der Waals surface area contributed by atoms with Crippen molar-refractivity contribution in [2.75, 3.05) is 6.61 Å². The highest BCUT2D eigenvalue weighted by Crippen LogP contribution is 2.49. The Morgan fingerprint density at radius 3 is 1.86 bits per heavy atom. The average Bonchev–Trinajstić information content (AvgIpc) is 3.62. The normalized spacial score (nSPS) is 25.1. The molecule has 0 radical (unpaired) electrons. The van der Waals surface area contributed by atoms with Crippen LogP contribution in [0.4, 0.5) is 0 Å². The monoisotopic (exact) mass is 482 g/mol. The van der Waals surface area contributed by atoms with Crippen molar-refractivity contribution in [3.8, 4) is 0 Å². The molecule has 7 heteroatoms. The summed E-state index contributed by atoms with van der Waals surface area (Å²) in [5.41, 5.74) is 2.46. The highest BCUT2D eigenvalue weighted by molar-refractivity contribution is 5.47. The Labute approximate surface area is 210 Å². The Morgan fingerprint density at radius 2 is 1.36 bits per heavy atom. The van der Waals surface area contributed by atoms with Gasteiger partial charge in [0.2, 0.25) is 0 Å². The fourth-order valence-corrected chi connectivity index (χ4v) is 5.83. The van der Waals surface area contributed by atoms with Gasteiger partial charge in [-0.3, -0.25) is 0 Å². The molecule has 0 bridgehead atoms. The van der Waals surface area contributed by atoms with Crippen LogP contribution >= 0.6 is 0 Å². The number of aromatic nitrogens is 4. The van der Waals surface area contributed by atoms with Gasteiger partial charge in [0.15, 0.2) is 11.6 Å². The van der Waals surface area contributed by atoms with E-state index in [-0.39, 0.29) is 24.0 Å². The Hall–Kier alpha value is -3.39. The SMILES string of the molecule is CC1(C)O[C@@H]2[C@@H](COC(c3ccccc3)(c3ccccc3)c3ccccc3)C[C@@H](c3nn[nH]n3)[C@@H]2O1. The molecular weight excluding hydrogens is 452 g/mol. The minimum absolute atomic E-state index is 0.0105. The van der Waals surface area contributed by atoms with Crippen molar-refractivity contribution in [1.29, 1.82) is 0 Å². The summed E-state index contributed by atoms with van der Waals surface area (Å²) in [6.07, 6.45) is 0.522. The van der Waals surface area contributed by atoms with Crippen molar-refractivity contribution in [3.05, 3.63) is 114 Å². The second kappa shape index (κ2) is 9.24. The molecule has 7 nitrogen and oxygen atoms in total. The van der Waals surface area contributed by atoms with Crippen LogP contribution in [0.25, 0.3) is 0 Å². The molecule has 3 aromatic carbocycles. The van der Waals surface area contributed by atoms with Gasteiger partial charge in [-0.25, -0.2) is 0 Å². The lowest BCUT2D eigenvalue weighted by Crippen LogP contribution is -2.37. The molecule has 2 heterocycles. The van der Waals surface area contributed by atoms with E-state index in [9.17, 15) is 0 Å². The number of rotatable bonds is 7. The maximum absolute atomic E-state index is 7.11. The number of hydrogen-bond acceptors (Lipinski definition) is 6. The minimum atomic E-state index is -0.779. The Bertz CT molecular complexity index is 1170. The third kappa shape index (κ3) is 4.03. The number of nitrogens with one attached hydrogen (secondary N) is 1. The average molecular weight is 483 g/mol. The molecule has 6 rings (SSSR count). The Morgan fingerprint density at radius 1 is 0.833 bits per heavy atom. The molecule has 2 fully saturated rings. The molecule has 1 saturated heterocycles. The van der Waals surface area contributed by atoms with E-state index in [4.69, 9.17) is 14.2 Å². The maximum Gasteiger partial charge on any atom is 0.180 e. The predicted octanol–water partition coefficient (Wildman–Crippen LogP) is 4.83. The summed E-state index contributed by atoms with van der Waals surface area (Å²) >= 11 is 0. The van der Waals surface area contributed by atoms with E-state index in [0.717, 1.165) is 23.1 Å². The topological polar surface area (TPSA) is 82.2 Å². The van der Waals surface area contributed by atoms with Crippen LogP contribution in [-0.2, 0) is 19.8 Å². The second-order valence-electron chi connectivity index (χ2n) is 10.0. The standard InChI is InChI=1S/C29H30N4O3/c1-28(2)35-25-20(18-24(26(25)36-28)27-30-32-33-31-27)19-34-29(21-12-6-3-7-13-21,22-14-8-4-9-15-22)23-16-10-5-11-17-23/h3-17,20,24-26H,18-19H2,1-2H3,(H,30,31,32,33)/t20-,24-,25-,26+/m1/s1. The van der Waals surface area contributed by atoms with E-state index in [0.29, 0.717) is 12.4 Å². The fraction of sp³-hybridized carbons (Fsp3) is 0.345. The van der Waals surface area contributed by atoms with E-state index in [1.165, 1.54) is 0 Å². The van der Waals surface area contributed by atoms with Crippen LogP contribution in [0.5, 0.6) is 0 Å². The van der Waals surface area contributed by atoms with Crippen molar-refractivity contribution in [1.82, 2.24) is 20.6 Å². The lowest BCUT2D eigenvalue weighted by molar-refractivity contribution is -0.162. The summed E-state index contributed by atoms with van der Waals surface area (Å²) in [6.45, 7) is 4.39. The van der Waals surface area contributed by atoms with Gasteiger partial charge in [-0.15, -0.1) is 10.2 Å². The van der Waals surface area contributed by atoms with Crippen molar-refractivity contribution in [3.63, 3.8) is 0 Å². The largest absolute Gasteiger partial charge is 0.360 e. The Kier molecular flexibility index (Phi) is 5.91. The maximum atomic E-state index is 7.11. The first-order valence-electron chi connectivity index (χ1n) is 12.5.